The van der Waals surface area contributed by atoms with Gasteiger partial charge in [0.15, 0.2) is 0 Å². The molecule has 1 aromatic heterocycles. The molecule has 2 aliphatic rings. The van der Waals surface area contributed by atoms with Crippen LogP contribution < -0.4 is 0 Å². The molecule has 1 saturated heterocycles. The second kappa shape index (κ2) is 7.07. The van der Waals surface area contributed by atoms with Crippen molar-refractivity contribution in [2.45, 2.75) is 44.2 Å². The van der Waals surface area contributed by atoms with Gasteiger partial charge in [0.1, 0.15) is 10.0 Å². The summed E-state index contributed by atoms with van der Waals surface area (Å²) in [5.74, 6) is 0.703. The van der Waals surface area contributed by atoms with E-state index in [1.54, 1.807) is 0 Å². The lowest BCUT2D eigenvalue weighted by Crippen LogP contribution is -2.36. The highest BCUT2D eigenvalue weighted by atomic mass is 32.1. The Balaban J connectivity index is 1.41. The summed E-state index contributed by atoms with van der Waals surface area (Å²) in [6.45, 7) is 3.70. The van der Waals surface area contributed by atoms with E-state index < -0.39 is 0 Å². The van der Waals surface area contributed by atoms with Crippen LogP contribution in [-0.2, 0) is 17.7 Å². The second-order valence-corrected chi connectivity index (χ2v) is 7.63. The molecular weight excluding hydrogens is 306 g/mol. The molecule has 0 amide bonds. The van der Waals surface area contributed by atoms with Crippen LogP contribution in [-0.4, -0.2) is 40.9 Å². The molecule has 2 aromatic rings. The fourth-order valence-corrected chi connectivity index (χ4v) is 4.16. The number of hydrogen-bond donors (Lipinski definition) is 0. The van der Waals surface area contributed by atoms with Crippen molar-refractivity contribution in [2.75, 3.05) is 19.8 Å². The number of hydrogen-bond acceptors (Lipinski definition) is 5. The Bertz CT molecular complexity index is 620. The standard InChI is InChI=1S/C18H23N3OS/c1-2-4-14(5-3-1)8-10-21(16-9-11-22-13-16)12-17-19-20-18(23-17)15-6-7-15/h1-5,15-16H,6-13H2. The van der Waals surface area contributed by atoms with E-state index in [-0.39, 0.29) is 0 Å². The van der Waals surface area contributed by atoms with E-state index in [0.29, 0.717) is 12.0 Å². The molecule has 2 heterocycles. The van der Waals surface area contributed by atoms with Gasteiger partial charge >= 0.3 is 0 Å². The molecule has 2 fully saturated rings. The molecule has 4 rings (SSSR count). The molecule has 0 N–H and O–H groups in total. The van der Waals surface area contributed by atoms with Crippen LogP contribution in [0.4, 0.5) is 0 Å². The van der Waals surface area contributed by atoms with Gasteiger partial charge in [-0.1, -0.05) is 41.7 Å². The minimum absolute atomic E-state index is 0.520. The monoisotopic (exact) mass is 329 g/mol. The maximum atomic E-state index is 5.61. The van der Waals surface area contributed by atoms with Crippen LogP contribution in [0.2, 0.25) is 0 Å². The van der Waals surface area contributed by atoms with E-state index in [1.807, 2.05) is 11.3 Å². The Hall–Kier alpha value is -1.30. The highest BCUT2D eigenvalue weighted by molar-refractivity contribution is 7.11. The third kappa shape index (κ3) is 3.97. The molecule has 5 heteroatoms. The second-order valence-electron chi connectivity index (χ2n) is 6.53. The molecule has 0 spiro atoms. The summed E-state index contributed by atoms with van der Waals surface area (Å²) in [5, 5.41) is 11.2. The van der Waals surface area contributed by atoms with Gasteiger partial charge in [-0.25, -0.2) is 0 Å². The minimum atomic E-state index is 0.520. The van der Waals surface area contributed by atoms with Gasteiger partial charge in [0.25, 0.3) is 0 Å². The van der Waals surface area contributed by atoms with Crippen molar-refractivity contribution in [3.63, 3.8) is 0 Å². The average molecular weight is 329 g/mol. The normalized spacial score (nSPS) is 21.2. The summed E-state index contributed by atoms with van der Waals surface area (Å²) in [7, 11) is 0. The Kier molecular flexibility index (Phi) is 4.69. The Morgan fingerprint density at radius 1 is 1.13 bits per heavy atom. The van der Waals surface area contributed by atoms with E-state index in [4.69, 9.17) is 4.74 Å². The summed E-state index contributed by atoms with van der Waals surface area (Å²) >= 11 is 1.81. The molecular formula is C18H23N3OS. The average Bonchev–Trinajstić information content (AvgIpc) is 3.10. The molecule has 4 nitrogen and oxygen atoms in total. The van der Waals surface area contributed by atoms with Crippen LogP contribution >= 0.6 is 11.3 Å². The molecule has 0 radical (unpaired) electrons. The van der Waals surface area contributed by atoms with Crippen LogP contribution in [0.1, 0.15) is 40.8 Å². The van der Waals surface area contributed by atoms with Crippen LogP contribution in [0.25, 0.3) is 0 Å². The molecule has 1 aliphatic heterocycles. The van der Waals surface area contributed by atoms with Crippen molar-refractivity contribution in [2.24, 2.45) is 0 Å². The van der Waals surface area contributed by atoms with E-state index in [2.05, 4.69) is 45.4 Å². The first-order chi connectivity index (χ1) is 11.4. The summed E-state index contributed by atoms with van der Waals surface area (Å²) in [6, 6.07) is 11.2. The van der Waals surface area contributed by atoms with Crippen LogP contribution in [0.3, 0.4) is 0 Å². The number of nitrogens with zero attached hydrogens (tertiary/aromatic N) is 3. The van der Waals surface area contributed by atoms with Crippen molar-refractivity contribution in [1.29, 1.82) is 0 Å². The van der Waals surface area contributed by atoms with Crippen molar-refractivity contribution in [3.05, 3.63) is 45.9 Å². The van der Waals surface area contributed by atoms with Crippen molar-refractivity contribution < 1.29 is 4.74 Å². The lowest BCUT2D eigenvalue weighted by atomic mass is 10.1. The highest BCUT2D eigenvalue weighted by Gasteiger charge is 2.29. The van der Waals surface area contributed by atoms with Gasteiger partial charge in [0.2, 0.25) is 0 Å². The van der Waals surface area contributed by atoms with Crippen LogP contribution in [0.15, 0.2) is 30.3 Å². The molecule has 0 bridgehead atoms. The van der Waals surface area contributed by atoms with E-state index >= 15 is 0 Å². The van der Waals surface area contributed by atoms with Gasteiger partial charge in [0, 0.05) is 25.1 Å². The molecule has 1 aromatic carbocycles. The number of ether oxygens (including phenoxy) is 1. The Morgan fingerprint density at radius 3 is 2.74 bits per heavy atom. The van der Waals surface area contributed by atoms with Gasteiger partial charge in [-0.2, -0.15) is 0 Å². The maximum Gasteiger partial charge on any atom is 0.131 e. The van der Waals surface area contributed by atoms with E-state index in [0.717, 1.165) is 44.2 Å². The minimum Gasteiger partial charge on any atom is -0.380 e. The quantitative estimate of drug-likeness (QED) is 0.781. The van der Waals surface area contributed by atoms with E-state index in [1.165, 1.54) is 23.4 Å². The Morgan fingerprint density at radius 2 is 2.00 bits per heavy atom. The lowest BCUT2D eigenvalue weighted by molar-refractivity contribution is 0.139. The number of rotatable bonds is 7. The zero-order valence-corrected chi connectivity index (χ0v) is 14.2. The van der Waals surface area contributed by atoms with Gasteiger partial charge in [0.05, 0.1) is 13.2 Å². The molecule has 1 saturated carbocycles. The summed E-state index contributed by atoms with van der Waals surface area (Å²) < 4.78 is 5.61. The fraction of sp³-hybridized carbons (Fsp3) is 0.556. The fourth-order valence-electron chi connectivity index (χ4n) is 3.12. The lowest BCUT2D eigenvalue weighted by Gasteiger charge is -2.26. The molecule has 1 aliphatic carbocycles. The molecule has 1 unspecified atom stereocenters. The number of aromatic nitrogens is 2. The van der Waals surface area contributed by atoms with Crippen molar-refractivity contribution in [3.8, 4) is 0 Å². The number of benzene rings is 1. The molecule has 1 atom stereocenters. The predicted molar refractivity (Wildman–Crippen MR) is 91.7 cm³/mol. The Labute approximate surface area is 141 Å². The van der Waals surface area contributed by atoms with Crippen molar-refractivity contribution >= 4 is 11.3 Å². The maximum absolute atomic E-state index is 5.61. The summed E-state index contributed by atoms with van der Waals surface area (Å²) in [5.41, 5.74) is 1.40. The van der Waals surface area contributed by atoms with Gasteiger partial charge in [-0.15, -0.1) is 10.2 Å². The van der Waals surface area contributed by atoms with Crippen molar-refractivity contribution in [1.82, 2.24) is 15.1 Å². The third-order valence-corrected chi connectivity index (χ3v) is 5.77. The smallest absolute Gasteiger partial charge is 0.131 e. The summed E-state index contributed by atoms with van der Waals surface area (Å²) in [4.78, 5) is 2.54. The first kappa shape index (κ1) is 15.2. The molecule has 122 valence electrons. The first-order valence-electron chi connectivity index (χ1n) is 8.56. The van der Waals surface area contributed by atoms with E-state index in [9.17, 15) is 0 Å². The third-order valence-electron chi connectivity index (χ3n) is 4.70. The van der Waals surface area contributed by atoms with Crippen LogP contribution in [0.5, 0.6) is 0 Å². The van der Waals surface area contributed by atoms with Crippen LogP contribution in [0, 0.1) is 0 Å². The highest BCUT2D eigenvalue weighted by Crippen LogP contribution is 2.41. The van der Waals surface area contributed by atoms with Gasteiger partial charge < -0.3 is 4.74 Å². The SMILES string of the molecule is c1ccc(CCN(Cc2nnc(C3CC3)s2)C2CCOC2)cc1. The first-order valence-corrected chi connectivity index (χ1v) is 9.38. The predicted octanol–water partition coefficient (Wildman–Crippen LogP) is 3.25. The van der Waals surface area contributed by atoms with Gasteiger partial charge in [-0.05, 0) is 31.2 Å². The largest absolute Gasteiger partial charge is 0.380 e. The zero-order chi connectivity index (χ0) is 15.5. The van der Waals surface area contributed by atoms with Gasteiger partial charge in [-0.3, -0.25) is 4.90 Å². The molecule has 23 heavy (non-hydrogen) atoms. The topological polar surface area (TPSA) is 38.2 Å². The zero-order valence-electron chi connectivity index (χ0n) is 13.4. The summed E-state index contributed by atoms with van der Waals surface area (Å²) in [6.07, 6.45) is 4.79.